The lowest BCUT2D eigenvalue weighted by atomic mass is 9.89. The molecule has 0 aliphatic carbocycles. The van der Waals surface area contributed by atoms with Crippen LogP contribution in [-0.4, -0.2) is 30.8 Å². The predicted molar refractivity (Wildman–Crippen MR) is 52.3 cm³/mol. The summed E-state index contributed by atoms with van der Waals surface area (Å²) in [6, 6.07) is 0. The number of hydrogen-bond donors (Lipinski definition) is 0. The van der Waals surface area contributed by atoms with Gasteiger partial charge in [-0.05, 0) is 18.5 Å². The van der Waals surface area contributed by atoms with Crippen LogP contribution < -0.4 is 0 Å². The quantitative estimate of drug-likeness (QED) is 0.569. The van der Waals surface area contributed by atoms with Crippen LogP contribution in [0.2, 0.25) is 0 Å². The van der Waals surface area contributed by atoms with Gasteiger partial charge in [0.2, 0.25) is 0 Å². The maximum atomic E-state index is 10.4. The second-order valence-corrected chi connectivity index (χ2v) is 4.00. The first kappa shape index (κ1) is 11.6. The fourth-order valence-electron chi connectivity index (χ4n) is 1.34. The molecule has 72 valence electrons. The fraction of sp³-hybridized carbons (Fsp3) is 0.900. The van der Waals surface area contributed by atoms with E-state index in [4.69, 9.17) is 0 Å². The van der Waals surface area contributed by atoms with Crippen molar-refractivity contribution in [2.45, 2.75) is 34.1 Å². The zero-order valence-electron chi connectivity index (χ0n) is 8.76. The SMILES string of the molecule is CCN(CC)CC(C)(C)CC=O. The van der Waals surface area contributed by atoms with Crippen molar-refractivity contribution < 1.29 is 4.79 Å². The van der Waals surface area contributed by atoms with Crippen LogP contribution in [0.15, 0.2) is 0 Å². The van der Waals surface area contributed by atoms with Crippen molar-refractivity contribution in [2.24, 2.45) is 5.41 Å². The Labute approximate surface area is 75.9 Å². The van der Waals surface area contributed by atoms with Gasteiger partial charge in [0.1, 0.15) is 6.29 Å². The molecule has 0 bridgehead atoms. The molecule has 0 saturated heterocycles. The lowest BCUT2D eigenvalue weighted by Gasteiger charge is -2.29. The molecule has 2 heteroatoms. The molecule has 0 radical (unpaired) electrons. The van der Waals surface area contributed by atoms with Gasteiger partial charge in [0.05, 0.1) is 0 Å². The third kappa shape index (κ3) is 4.50. The summed E-state index contributed by atoms with van der Waals surface area (Å²) in [6.45, 7) is 11.7. The van der Waals surface area contributed by atoms with Crippen LogP contribution in [0.25, 0.3) is 0 Å². The minimum Gasteiger partial charge on any atom is -0.303 e. The van der Waals surface area contributed by atoms with Crippen LogP contribution in [0.3, 0.4) is 0 Å². The van der Waals surface area contributed by atoms with Gasteiger partial charge < -0.3 is 9.69 Å². The van der Waals surface area contributed by atoms with Crippen molar-refractivity contribution >= 4 is 6.29 Å². The summed E-state index contributed by atoms with van der Waals surface area (Å²) in [5, 5.41) is 0. The smallest absolute Gasteiger partial charge is 0.120 e. The first-order valence-electron chi connectivity index (χ1n) is 4.71. The third-order valence-corrected chi connectivity index (χ3v) is 2.18. The van der Waals surface area contributed by atoms with E-state index in [0.29, 0.717) is 6.42 Å². The molecule has 0 saturated carbocycles. The number of nitrogens with zero attached hydrogens (tertiary/aromatic N) is 1. The molecule has 0 rings (SSSR count). The van der Waals surface area contributed by atoms with Crippen LogP contribution in [0.1, 0.15) is 34.1 Å². The number of aldehydes is 1. The molecule has 0 heterocycles. The molecule has 0 spiro atoms. The van der Waals surface area contributed by atoms with Crippen molar-refractivity contribution in [3.05, 3.63) is 0 Å². The molecule has 0 aliphatic rings. The van der Waals surface area contributed by atoms with E-state index in [-0.39, 0.29) is 5.41 Å². The Balaban J connectivity index is 3.92. The van der Waals surface area contributed by atoms with Gasteiger partial charge in [-0.25, -0.2) is 0 Å². The highest BCUT2D eigenvalue weighted by Crippen LogP contribution is 2.19. The molecular weight excluding hydrogens is 150 g/mol. The first-order chi connectivity index (χ1) is 5.55. The highest BCUT2D eigenvalue weighted by atomic mass is 16.1. The van der Waals surface area contributed by atoms with Crippen LogP contribution >= 0.6 is 0 Å². The van der Waals surface area contributed by atoms with Gasteiger partial charge in [0, 0.05) is 13.0 Å². The van der Waals surface area contributed by atoms with Crippen LogP contribution in [0.4, 0.5) is 0 Å². The number of carbonyl (C=O) groups is 1. The molecule has 0 unspecified atom stereocenters. The molecule has 0 amide bonds. The van der Waals surface area contributed by atoms with E-state index in [2.05, 4.69) is 32.6 Å². The molecule has 0 aromatic rings. The van der Waals surface area contributed by atoms with Crippen molar-refractivity contribution in [3.8, 4) is 0 Å². The number of carbonyl (C=O) groups excluding carboxylic acids is 1. The molecule has 0 N–H and O–H groups in total. The van der Waals surface area contributed by atoms with E-state index in [1.54, 1.807) is 0 Å². The van der Waals surface area contributed by atoms with E-state index < -0.39 is 0 Å². The van der Waals surface area contributed by atoms with Gasteiger partial charge in [-0.2, -0.15) is 0 Å². The normalized spacial score (nSPS) is 12.1. The Bertz CT molecular complexity index is 128. The van der Waals surface area contributed by atoms with E-state index >= 15 is 0 Å². The second kappa shape index (κ2) is 5.31. The van der Waals surface area contributed by atoms with Gasteiger partial charge >= 0.3 is 0 Å². The Hall–Kier alpha value is -0.370. The van der Waals surface area contributed by atoms with E-state index in [1.165, 1.54) is 0 Å². The minimum absolute atomic E-state index is 0.133. The van der Waals surface area contributed by atoms with Gasteiger partial charge in [0.15, 0.2) is 0 Å². The highest BCUT2D eigenvalue weighted by Gasteiger charge is 2.19. The summed E-state index contributed by atoms with van der Waals surface area (Å²) < 4.78 is 0. The van der Waals surface area contributed by atoms with E-state index in [9.17, 15) is 4.79 Å². The first-order valence-corrected chi connectivity index (χ1v) is 4.71. The molecular formula is C10H21NO. The van der Waals surface area contributed by atoms with Crippen molar-refractivity contribution in [1.82, 2.24) is 4.90 Å². The number of hydrogen-bond acceptors (Lipinski definition) is 2. The molecule has 0 aromatic heterocycles. The minimum atomic E-state index is 0.133. The fourth-order valence-corrected chi connectivity index (χ4v) is 1.34. The number of rotatable bonds is 6. The molecule has 0 atom stereocenters. The van der Waals surface area contributed by atoms with Crippen molar-refractivity contribution in [3.63, 3.8) is 0 Å². The molecule has 12 heavy (non-hydrogen) atoms. The molecule has 0 aliphatic heterocycles. The Morgan fingerprint density at radius 2 is 1.75 bits per heavy atom. The van der Waals surface area contributed by atoms with Crippen LogP contribution in [0, 0.1) is 5.41 Å². The largest absolute Gasteiger partial charge is 0.303 e. The topological polar surface area (TPSA) is 20.3 Å². The van der Waals surface area contributed by atoms with Crippen LogP contribution in [0.5, 0.6) is 0 Å². The van der Waals surface area contributed by atoms with E-state index in [0.717, 1.165) is 25.9 Å². The van der Waals surface area contributed by atoms with Crippen molar-refractivity contribution in [1.29, 1.82) is 0 Å². The second-order valence-electron chi connectivity index (χ2n) is 4.00. The maximum Gasteiger partial charge on any atom is 0.120 e. The lowest BCUT2D eigenvalue weighted by Crippen LogP contribution is -2.34. The predicted octanol–water partition coefficient (Wildman–Crippen LogP) is 1.94. The zero-order valence-corrected chi connectivity index (χ0v) is 8.76. The summed E-state index contributed by atoms with van der Waals surface area (Å²) >= 11 is 0. The average Bonchev–Trinajstić information content (AvgIpc) is 2.00. The summed E-state index contributed by atoms with van der Waals surface area (Å²) in [7, 11) is 0. The molecule has 2 nitrogen and oxygen atoms in total. The summed E-state index contributed by atoms with van der Waals surface area (Å²) in [6.07, 6.45) is 1.67. The summed E-state index contributed by atoms with van der Waals surface area (Å²) in [4.78, 5) is 12.7. The maximum absolute atomic E-state index is 10.4. The van der Waals surface area contributed by atoms with Crippen molar-refractivity contribution in [2.75, 3.05) is 19.6 Å². The zero-order chi connectivity index (χ0) is 9.61. The lowest BCUT2D eigenvalue weighted by molar-refractivity contribution is -0.109. The summed E-state index contributed by atoms with van der Waals surface area (Å²) in [5.41, 5.74) is 0.133. The standard InChI is InChI=1S/C10H21NO/c1-5-11(6-2)9-10(3,4)7-8-12/h8H,5-7,9H2,1-4H3. The summed E-state index contributed by atoms with van der Waals surface area (Å²) in [5.74, 6) is 0. The molecule has 0 aromatic carbocycles. The highest BCUT2D eigenvalue weighted by molar-refractivity contribution is 5.50. The Kier molecular flexibility index (Phi) is 5.14. The van der Waals surface area contributed by atoms with Gasteiger partial charge in [-0.15, -0.1) is 0 Å². The van der Waals surface area contributed by atoms with E-state index in [1.807, 2.05) is 0 Å². The van der Waals surface area contributed by atoms with Crippen LogP contribution in [-0.2, 0) is 4.79 Å². The van der Waals surface area contributed by atoms with Gasteiger partial charge in [-0.1, -0.05) is 27.7 Å². The Morgan fingerprint density at radius 3 is 2.08 bits per heavy atom. The average molecular weight is 171 g/mol. The van der Waals surface area contributed by atoms with Gasteiger partial charge in [-0.3, -0.25) is 0 Å². The van der Waals surface area contributed by atoms with Gasteiger partial charge in [0.25, 0.3) is 0 Å². The Morgan fingerprint density at radius 1 is 1.25 bits per heavy atom. The monoisotopic (exact) mass is 171 g/mol. The molecule has 0 fully saturated rings. The third-order valence-electron chi connectivity index (χ3n) is 2.18.